The molecule has 2 N–H and O–H groups in total. The normalized spacial score (nSPS) is 11.5. The van der Waals surface area contributed by atoms with Crippen molar-refractivity contribution in [3.8, 4) is 0 Å². The predicted molar refractivity (Wildman–Crippen MR) is 99.9 cm³/mol. The van der Waals surface area contributed by atoms with Crippen molar-refractivity contribution in [1.29, 1.82) is 0 Å². The van der Waals surface area contributed by atoms with E-state index in [2.05, 4.69) is 10.6 Å². The zero-order valence-electron chi connectivity index (χ0n) is 13.8. The zero-order chi connectivity index (χ0) is 20.2. The Morgan fingerprint density at radius 3 is 2.30 bits per heavy atom. The van der Waals surface area contributed by atoms with Crippen molar-refractivity contribution >= 4 is 52.5 Å². The molecular formula is C18H13Cl2F3N2O2. The first-order valence-corrected chi connectivity index (χ1v) is 8.25. The van der Waals surface area contributed by atoms with Gasteiger partial charge in [-0.1, -0.05) is 29.3 Å². The molecule has 0 fully saturated rings. The van der Waals surface area contributed by atoms with Gasteiger partial charge in [0.25, 0.3) is 0 Å². The summed E-state index contributed by atoms with van der Waals surface area (Å²) < 4.78 is 38.6. The first-order valence-electron chi connectivity index (χ1n) is 7.49. The molecule has 2 aromatic carbocycles. The molecule has 0 atom stereocenters. The van der Waals surface area contributed by atoms with Gasteiger partial charge >= 0.3 is 6.18 Å². The lowest BCUT2D eigenvalue weighted by atomic mass is 10.1. The zero-order valence-corrected chi connectivity index (χ0v) is 15.3. The minimum Gasteiger partial charge on any atom is -0.326 e. The molecule has 9 heteroatoms. The molecule has 0 radical (unpaired) electrons. The predicted octanol–water partition coefficient (Wildman–Crippen LogP) is 5.62. The summed E-state index contributed by atoms with van der Waals surface area (Å²) in [6.07, 6.45) is -2.32. The summed E-state index contributed by atoms with van der Waals surface area (Å²) in [4.78, 5) is 23.1. The lowest BCUT2D eigenvalue weighted by Gasteiger charge is -2.10. The number of carbonyl (C=O) groups excluding carboxylic acids is 2. The Kier molecular flexibility index (Phi) is 6.51. The summed E-state index contributed by atoms with van der Waals surface area (Å²) in [6, 6.07) is 7.81. The van der Waals surface area contributed by atoms with Crippen molar-refractivity contribution in [3.63, 3.8) is 0 Å². The second kappa shape index (κ2) is 8.45. The van der Waals surface area contributed by atoms with Crippen molar-refractivity contribution in [1.82, 2.24) is 0 Å². The monoisotopic (exact) mass is 416 g/mol. The van der Waals surface area contributed by atoms with Gasteiger partial charge in [0, 0.05) is 18.7 Å². The molecule has 0 aliphatic rings. The smallest absolute Gasteiger partial charge is 0.326 e. The number of rotatable bonds is 4. The second-order valence-corrected chi connectivity index (χ2v) is 6.25. The molecule has 0 aliphatic carbocycles. The number of anilines is 2. The molecule has 0 aromatic heterocycles. The summed E-state index contributed by atoms with van der Waals surface area (Å²) >= 11 is 11.5. The van der Waals surface area contributed by atoms with Crippen molar-refractivity contribution in [2.45, 2.75) is 13.1 Å². The molecule has 0 saturated carbocycles. The van der Waals surface area contributed by atoms with Gasteiger partial charge in [0.05, 0.1) is 21.3 Å². The fourth-order valence-electron chi connectivity index (χ4n) is 2.11. The third-order valence-electron chi connectivity index (χ3n) is 3.27. The number of amides is 2. The summed E-state index contributed by atoms with van der Waals surface area (Å²) in [5, 5.41) is 4.84. The van der Waals surface area contributed by atoms with Gasteiger partial charge < -0.3 is 10.6 Å². The average molecular weight is 417 g/mol. The van der Waals surface area contributed by atoms with Crippen LogP contribution in [0.4, 0.5) is 24.5 Å². The number of benzene rings is 2. The highest BCUT2D eigenvalue weighted by Gasteiger charge is 2.33. The third-order valence-corrected chi connectivity index (χ3v) is 3.93. The number of hydrogen-bond acceptors (Lipinski definition) is 2. The highest BCUT2D eigenvalue weighted by molar-refractivity contribution is 6.34. The fraction of sp³-hybridized carbons (Fsp3) is 0.111. The molecule has 142 valence electrons. The van der Waals surface area contributed by atoms with E-state index in [9.17, 15) is 22.8 Å². The Balaban J connectivity index is 2.15. The molecule has 0 spiro atoms. The van der Waals surface area contributed by atoms with Crippen LogP contribution in [-0.4, -0.2) is 11.8 Å². The van der Waals surface area contributed by atoms with Crippen LogP contribution in [0.25, 0.3) is 6.08 Å². The minimum absolute atomic E-state index is 0.153. The Bertz CT molecular complexity index is 912. The Morgan fingerprint density at radius 2 is 1.67 bits per heavy atom. The highest BCUT2D eigenvalue weighted by atomic mass is 35.5. The van der Waals surface area contributed by atoms with Crippen LogP contribution < -0.4 is 10.6 Å². The van der Waals surface area contributed by atoms with Crippen LogP contribution in [0.5, 0.6) is 0 Å². The largest absolute Gasteiger partial charge is 0.417 e. The van der Waals surface area contributed by atoms with E-state index >= 15 is 0 Å². The van der Waals surface area contributed by atoms with Crippen molar-refractivity contribution < 1.29 is 22.8 Å². The SMILES string of the molecule is CC(=O)Nc1ccc(Cl)c(NC(=O)C=Cc2ccc(Cl)c(C(F)(F)F)c2)c1. The number of hydrogen-bond donors (Lipinski definition) is 2. The van der Waals surface area contributed by atoms with E-state index in [0.29, 0.717) is 5.69 Å². The van der Waals surface area contributed by atoms with Crippen LogP contribution in [0.3, 0.4) is 0 Å². The molecule has 2 aromatic rings. The van der Waals surface area contributed by atoms with E-state index in [1.54, 1.807) is 6.07 Å². The quantitative estimate of drug-likeness (QED) is 0.635. The Labute approximate surface area is 163 Å². The molecular weight excluding hydrogens is 404 g/mol. The van der Waals surface area contributed by atoms with E-state index in [1.165, 1.54) is 31.2 Å². The van der Waals surface area contributed by atoms with E-state index in [4.69, 9.17) is 23.2 Å². The first-order chi connectivity index (χ1) is 12.6. The van der Waals surface area contributed by atoms with E-state index in [0.717, 1.165) is 18.2 Å². The molecule has 0 heterocycles. The number of carbonyl (C=O) groups is 2. The summed E-state index contributed by atoms with van der Waals surface area (Å²) in [6.45, 7) is 1.33. The van der Waals surface area contributed by atoms with Crippen LogP contribution in [0.2, 0.25) is 10.0 Å². The fourth-order valence-corrected chi connectivity index (χ4v) is 2.50. The molecule has 2 rings (SSSR count). The second-order valence-electron chi connectivity index (χ2n) is 5.44. The topological polar surface area (TPSA) is 58.2 Å². The van der Waals surface area contributed by atoms with Crippen LogP contribution >= 0.6 is 23.2 Å². The highest BCUT2D eigenvalue weighted by Crippen LogP contribution is 2.35. The molecule has 0 unspecified atom stereocenters. The standard InChI is InChI=1S/C18H13Cl2F3N2O2/c1-10(26)24-12-4-6-15(20)16(9-12)25-17(27)7-3-11-2-5-14(19)13(8-11)18(21,22)23/h2-9H,1H3,(H,24,26)(H,25,27). The van der Waals surface area contributed by atoms with Crippen LogP contribution in [-0.2, 0) is 15.8 Å². The lowest BCUT2D eigenvalue weighted by Crippen LogP contribution is -2.10. The van der Waals surface area contributed by atoms with Gasteiger partial charge in [0.2, 0.25) is 11.8 Å². The Morgan fingerprint density at radius 1 is 1.00 bits per heavy atom. The average Bonchev–Trinajstić information content (AvgIpc) is 2.55. The van der Waals surface area contributed by atoms with Crippen molar-refractivity contribution in [2.75, 3.05) is 10.6 Å². The van der Waals surface area contributed by atoms with Crippen molar-refractivity contribution in [3.05, 3.63) is 63.6 Å². The maximum Gasteiger partial charge on any atom is 0.417 e. The van der Waals surface area contributed by atoms with Gasteiger partial charge in [-0.2, -0.15) is 13.2 Å². The summed E-state index contributed by atoms with van der Waals surface area (Å²) in [5.41, 5.74) is -0.166. The summed E-state index contributed by atoms with van der Waals surface area (Å²) in [7, 11) is 0. The molecule has 0 saturated heterocycles. The lowest BCUT2D eigenvalue weighted by molar-refractivity contribution is -0.137. The van der Waals surface area contributed by atoms with E-state index in [1.807, 2.05) is 0 Å². The van der Waals surface area contributed by atoms with Crippen molar-refractivity contribution in [2.24, 2.45) is 0 Å². The molecule has 0 bridgehead atoms. The molecule has 0 aliphatic heterocycles. The van der Waals surface area contributed by atoms with E-state index < -0.39 is 22.7 Å². The molecule has 4 nitrogen and oxygen atoms in total. The minimum atomic E-state index is -4.60. The van der Waals surface area contributed by atoms with Gasteiger partial charge in [0.1, 0.15) is 0 Å². The third kappa shape index (κ3) is 6.01. The number of halogens is 5. The maximum absolute atomic E-state index is 12.9. The van der Waals surface area contributed by atoms with Gasteiger partial charge in [-0.3, -0.25) is 9.59 Å². The Hall–Kier alpha value is -2.51. The van der Waals surface area contributed by atoms with Crippen LogP contribution in [0.1, 0.15) is 18.1 Å². The van der Waals surface area contributed by atoms with Gasteiger partial charge in [-0.05, 0) is 42.0 Å². The summed E-state index contributed by atoms with van der Waals surface area (Å²) in [5.74, 6) is -0.905. The van der Waals surface area contributed by atoms with Gasteiger partial charge in [-0.25, -0.2) is 0 Å². The first kappa shape index (κ1) is 20.8. The van der Waals surface area contributed by atoms with Crippen LogP contribution in [0.15, 0.2) is 42.5 Å². The molecule has 27 heavy (non-hydrogen) atoms. The van der Waals surface area contributed by atoms with Crippen LogP contribution in [0, 0.1) is 0 Å². The molecule has 2 amide bonds. The maximum atomic E-state index is 12.9. The van der Waals surface area contributed by atoms with Gasteiger partial charge in [-0.15, -0.1) is 0 Å². The van der Waals surface area contributed by atoms with Gasteiger partial charge in [0.15, 0.2) is 0 Å². The number of alkyl halides is 3. The van der Waals surface area contributed by atoms with E-state index in [-0.39, 0.29) is 22.2 Å². The number of nitrogens with one attached hydrogen (secondary N) is 2.